The predicted octanol–water partition coefficient (Wildman–Crippen LogP) is -0.558. The van der Waals surface area contributed by atoms with Gasteiger partial charge in [0.15, 0.2) is 0 Å². The van der Waals surface area contributed by atoms with Gasteiger partial charge in [0.1, 0.15) is 0 Å². The van der Waals surface area contributed by atoms with Gasteiger partial charge in [0.05, 0.1) is 0 Å². The van der Waals surface area contributed by atoms with Gasteiger partial charge < -0.3 is 10.4 Å². The van der Waals surface area contributed by atoms with E-state index in [0.717, 1.165) is 7.11 Å². The van der Waals surface area contributed by atoms with Crippen LogP contribution in [0.4, 0.5) is 0 Å². The Morgan fingerprint density at radius 2 is 1.17 bits per heavy atom. The molecule has 0 fully saturated rings. The Kier molecular flexibility index (Phi) is 128. The van der Waals surface area contributed by atoms with E-state index in [9.17, 15) is 0 Å². The molecule has 0 saturated heterocycles. The Balaban J connectivity index is -0.0000000275. The third-order valence-corrected chi connectivity index (χ3v) is 0. The molecule has 0 saturated carbocycles. The number of nitrogens with one attached hydrogen (secondary N) is 1. The fourth-order valence-electron chi connectivity index (χ4n) is 0. The van der Waals surface area contributed by atoms with E-state index in [1.165, 1.54) is 0 Å². The molecule has 0 aliphatic carbocycles. The summed E-state index contributed by atoms with van der Waals surface area (Å²) in [5, 5.41) is 9.75. The zero-order valence-electron chi connectivity index (χ0n) is 4.65. The second kappa shape index (κ2) is 48.0. The first-order valence-electron chi connectivity index (χ1n) is 1.45. The minimum absolute atomic E-state index is 0. The van der Waals surface area contributed by atoms with Crippen LogP contribution in [0.1, 0.15) is 0 Å². The van der Waals surface area contributed by atoms with Gasteiger partial charge in [-0.3, -0.25) is 0 Å². The maximum atomic E-state index is 7.00. The van der Waals surface area contributed by atoms with Gasteiger partial charge in [-0.1, -0.05) is 0 Å². The molecular weight excluding hydrogens is 131 g/mol. The van der Waals surface area contributed by atoms with Crippen LogP contribution in [0.3, 0.4) is 0 Å². The molecule has 0 amide bonds. The molecule has 6 heavy (non-hydrogen) atoms. The second-order valence-corrected chi connectivity index (χ2v) is 0.500. The quantitative estimate of drug-likeness (QED) is 0.445. The Morgan fingerprint density at radius 1 is 1.17 bits per heavy atom. The molecule has 0 rings (SSSR count). The third-order valence-electron chi connectivity index (χ3n) is 0. The summed E-state index contributed by atoms with van der Waals surface area (Å²) in [6, 6.07) is 0. The molecule has 3 heteroatoms. The first kappa shape index (κ1) is 16.0. The van der Waals surface area contributed by atoms with Crippen LogP contribution in [-0.2, 0) is 19.5 Å². The molecule has 0 aromatic heterocycles. The Morgan fingerprint density at radius 3 is 1.17 bits per heavy atom. The van der Waals surface area contributed by atoms with Crippen molar-refractivity contribution in [1.29, 1.82) is 0 Å². The molecule has 0 aromatic carbocycles. The molecule has 0 heterocycles. The van der Waals surface area contributed by atoms with Crippen molar-refractivity contribution in [3.05, 3.63) is 0 Å². The molecule has 0 aliphatic heterocycles. The smallest absolute Gasteiger partial charge is 0.0319 e. The number of rotatable bonds is 0. The summed E-state index contributed by atoms with van der Waals surface area (Å²) < 4.78 is 0. The van der Waals surface area contributed by atoms with Crippen molar-refractivity contribution < 1.29 is 24.6 Å². The summed E-state index contributed by atoms with van der Waals surface area (Å²) in [7, 11) is 4.75. The van der Waals surface area contributed by atoms with Crippen molar-refractivity contribution in [3.8, 4) is 0 Å². The molecule has 0 atom stereocenters. The van der Waals surface area contributed by atoms with Crippen molar-refractivity contribution in [3.63, 3.8) is 0 Å². The second-order valence-electron chi connectivity index (χ2n) is 0.500. The van der Waals surface area contributed by atoms with Gasteiger partial charge >= 0.3 is 0 Å². The molecule has 2 nitrogen and oxygen atoms in total. The van der Waals surface area contributed by atoms with Crippen molar-refractivity contribution in [2.24, 2.45) is 0 Å². The SMILES string of the molecule is CNC.CO.[Zn]. The summed E-state index contributed by atoms with van der Waals surface area (Å²) in [6.45, 7) is 0. The fraction of sp³-hybridized carbons (Fsp3) is 1.00. The van der Waals surface area contributed by atoms with E-state index < -0.39 is 0 Å². The van der Waals surface area contributed by atoms with Crippen LogP contribution in [-0.4, -0.2) is 26.3 Å². The number of aliphatic hydroxyl groups excluding tert-OH is 1. The summed E-state index contributed by atoms with van der Waals surface area (Å²) in [4.78, 5) is 0. The van der Waals surface area contributed by atoms with Gasteiger partial charge in [0.25, 0.3) is 0 Å². The van der Waals surface area contributed by atoms with Gasteiger partial charge in [-0.25, -0.2) is 0 Å². The Labute approximate surface area is 51.7 Å². The van der Waals surface area contributed by atoms with Crippen LogP contribution in [0.2, 0.25) is 0 Å². The largest absolute Gasteiger partial charge is 0.400 e. The van der Waals surface area contributed by atoms with Crippen molar-refractivity contribution in [2.45, 2.75) is 0 Å². The van der Waals surface area contributed by atoms with E-state index in [4.69, 9.17) is 5.11 Å². The molecule has 36 valence electrons. The molecule has 0 radical (unpaired) electrons. The van der Waals surface area contributed by atoms with E-state index in [-0.39, 0.29) is 19.5 Å². The number of hydrogen-bond acceptors (Lipinski definition) is 2. The topological polar surface area (TPSA) is 32.3 Å². The van der Waals surface area contributed by atoms with Crippen LogP contribution in [0, 0.1) is 0 Å². The van der Waals surface area contributed by atoms with E-state index in [1.807, 2.05) is 14.1 Å². The van der Waals surface area contributed by atoms with Crippen LogP contribution in [0.15, 0.2) is 0 Å². The summed E-state index contributed by atoms with van der Waals surface area (Å²) in [5.74, 6) is 0. The van der Waals surface area contributed by atoms with Gasteiger partial charge in [0.2, 0.25) is 0 Å². The van der Waals surface area contributed by atoms with Crippen LogP contribution in [0.5, 0.6) is 0 Å². The standard InChI is InChI=1S/C2H7N.CH4O.Zn/c1-3-2;1-2;/h3H,1-2H3;2H,1H3;. The number of hydrogen-bond donors (Lipinski definition) is 2. The maximum absolute atomic E-state index is 7.00. The zero-order valence-corrected chi connectivity index (χ0v) is 7.62. The number of aliphatic hydroxyl groups is 1. The Bertz CT molecular complexity index is 10.8. The summed E-state index contributed by atoms with van der Waals surface area (Å²) >= 11 is 0. The van der Waals surface area contributed by atoms with E-state index in [1.54, 1.807) is 0 Å². The molecule has 0 aromatic rings. The summed E-state index contributed by atoms with van der Waals surface area (Å²) in [6.07, 6.45) is 0. The van der Waals surface area contributed by atoms with E-state index in [2.05, 4.69) is 5.32 Å². The average Bonchev–Trinajstić information content (AvgIpc) is 1.46. The molecular formula is C3H11NOZn. The van der Waals surface area contributed by atoms with Crippen molar-refractivity contribution in [1.82, 2.24) is 5.32 Å². The van der Waals surface area contributed by atoms with Gasteiger partial charge in [0, 0.05) is 26.6 Å². The van der Waals surface area contributed by atoms with E-state index >= 15 is 0 Å². The van der Waals surface area contributed by atoms with Crippen LogP contribution < -0.4 is 5.32 Å². The molecule has 2 N–H and O–H groups in total. The first-order valence-corrected chi connectivity index (χ1v) is 1.45. The summed E-state index contributed by atoms with van der Waals surface area (Å²) in [5.41, 5.74) is 0. The minimum atomic E-state index is 0. The minimum Gasteiger partial charge on any atom is -0.400 e. The average molecular weight is 143 g/mol. The predicted molar refractivity (Wildman–Crippen MR) is 23.1 cm³/mol. The molecule has 0 spiro atoms. The van der Waals surface area contributed by atoms with Crippen molar-refractivity contribution in [2.75, 3.05) is 21.2 Å². The van der Waals surface area contributed by atoms with Gasteiger partial charge in [-0.05, 0) is 14.1 Å². The third kappa shape index (κ3) is 193. The van der Waals surface area contributed by atoms with Gasteiger partial charge in [-0.2, -0.15) is 0 Å². The van der Waals surface area contributed by atoms with Crippen LogP contribution in [0.25, 0.3) is 0 Å². The molecule has 0 aliphatic rings. The van der Waals surface area contributed by atoms with E-state index in [0.29, 0.717) is 0 Å². The van der Waals surface area contributed by atoms with Crippen LogP contribution >= 0.6 is 0 Å². The zero-order chi connectivity index (χ0) is 4.71. The normalized spacial score (nSPS) is 4.00. The van der Waals surface area contributed by atoms with Crippen molar-refractivity contribution >= 4 is 0 Å². The van der Waals surface area contributed by atoms with Gasteiger partial charge in [-0.15, -0.1) is 0 Å². The fourth-order valence-corrected chi connectivity index (χ4v) is 0. The molecule has 0 bridgehead atoms. The molecule has 0 unspecified atom stereocenters. The maximum Gasteiger partial charge on any atom is 0.0319 e. The Hall–Kier alpha value is 0.543. The monoisotopic (exact) mass is 141 g/mol. The first-order chi connectivity index (χ1) is 2.41.